The van der Waals surface area contributed by atoms with E-state index in [2.05, 4.69) is 82.1 Å². The highest BCUT2D eigenvalue weighted by atomic mass is 14.7. The lowest BCUT2D eigenvalue weighted by atomic mass is 9.79. The smallest absolute Gasteiger partial charge is 0.0415 e. The maximum Gasteiger partial charge on any atom is 0.0415 e. The Hall–Kier alpha value is -1.63. The van der Waals surface area contributed by atoms with Crippen LogP contribution in [0.3, 0.4) is 0 Å². The first-order valence-corrected chi connectivity index (χ1v) is 7.30. The Balaban J connectivity index is 2.26. The Morgan fingerprint density at radius 2 is 1.50 bits per heavy atom. The van der Waals surface area contributed by atoms with E-state index in [1.54, 1.807) is 0 Å². The van der Waals surface area contributed by atoms with E-state index in [9.17, 15) is 0 Å². The van der Waals surface area contributed by atoms with Crippen LogP contribution in [0.2, 0.25) is 0 Å². The van der Waals surface area contributed by atoms with Crippen LogP contribution in [0, 0.1) is 0 Å². The Kier molecular flexibility index (Phi) is 3.99. The lowest BCUT2D eigenvalue weighted by Crippen LogP contribution is -2.21. The highest BCUT2D eigenvalue weighted by molar-refractivity contribution is 5.29. The molecule has 0 radical (unpaired) electrons. The van der Waals surface area contributed by atoms with Crippen molar-refractivity contribution in [3.05, 3.63) is 65.5 Å². The van der Waals surface area contributed by atoms with Crippen LogP contribution in [0.15, 0.2) is 48.7 Å². The van der Waals surface area contributed by atoms with Crippen molar-refractivity contribution in [2.24, 2.45) is 0 Å². The fraction of sp³-hybridized carbons (Fsp3) is 0.421. The average molecular weight is 267 g/mol. The molecule has 1 aromatic heterocycles. The Morgan fingerprint density at radius 1 is 0.850 bits per heavy atom. The SMILES string of the molecule is CC(C)(C)c1ccnc(CC(C)(C)c2ccccc2)c1. The molecule has 20 heavy (non-hydrogen) atoms. The molecule has 0 saturated heterocycles. The molecular weight excluding hydrogens is 242 g/mol. The van der Waals surface area contributed by atoms with E-state index < -0.39 is 0 Å². The fourth-order valence-corrected chi connectivity index (χ4v) is 2.49. The van der Waals surface area contributed by atoms with E-state index >= 15 is 0 Å². The minimum Gasteiger partial charge on any atom is -0.261 e. The van der Waals surface area contributed by atoms with E-state index in [-0.39, 0.29) is 10.8 Å². The number of nitrogens with zero attached hydrogens (tertiary/aromatic N) is 1. The van der Waals surface area contributed by atoms with E-state index in [0.717, 1.165) is 6.42 Å². The van der Waals surface area contributed by atoms with Crippen molar-refractivity contribution in [3.8, 4) is 0 Å². The third-order valence-corrected chi connectivity index (χ3v) is 3.86. The second kappa shape index (κ2) is 5.40. The summed E-state index contributed by atoms with van der Waals surface area (Å²) in [7, 11) is 0. The van der Waals surface area contributed by atoms with Crippen molar-refractivity contribution in [3.63, 3.8) is 0 Å². The van der Waals surface area contributed by atoms with Gasteiger partial charge in [-0.2, -0.15) is 0 Å². The highest BCUT2D eigenvalue weighted by Crippen LogP contribution is 2.28. The van der Waals surface area contributed by atoms with Crippen LogP contribution in [-0.2, 0) is 17.3 Å². The zero-order valence-electron chi connectivity index (χ0n) is 13.3. The predicted molar refractivity (Wildman–Crippen MR) is 86.1 cm³/mol. The van der Waals surface area contributed by atoms with E-state index in [1.165, 1.54) is 16.8 Å². The second-order valence-corrected chi connectivity index (χ2v) is 7.21. The van der Waals surface area contributed by atoms with Crippen LogP contribution in [0.25, 0.3) is 0 Å². The third kappa shape index (κ3) is 3.47. The molecule has 1 heteroatoms. The van der Waals surface area contributed by atoms with Crippen LogP contribution in [0.5, 0.6) is 0 Å². The van der Waals surface area contributed by atoms with Gasteiger partial charge in [0.1, 0.15) is 0 Å². The molecule has 0 fully saturated rings. The molecule has 0 spiro atoms. The summed E-state index contributed by atoms with van der Waals surface area (Å²) in [6, 6.07) is 15.1. The number of pyridine rings is 1. The summed E-state index contributed by atoms with van der Waals surface area (Å²) >= 11 is 0. The van der Waals surface area contributed by atoms with Crippen molar-refractivity contribution in [2.45, 2.75) is 51.9 Å². The molecule has 0 saturated carbocycles. The van der Waals surface area contributed by atoms with Gasteiger partial charge in [0.25, 0.3) is 0 Å². The van der Waals surface area contributed by atoms with Gasteiger partial charge >= 0.3 is 0 Å². The molecular formula is C19H25N. The molecule has 0 aliphatic heterocycles. The maximum atomic E-state index is 4.56. The van der Waals surface area contributed by atoms with Crippen molar-refractivity contribution in [1.82, 2.24) is 4.98 Å². The van der Waals surface area contributed by atoms with Crippen molar-refractivity contribution in [1.29, 1.82) is 0 Å². The quantitative estimate of drug-likeness (QED) is 0.771. The molecule has 0 aliphatic carbocycles. The van der Waals surface area contributed by atoms with E-state index in [4.69, 9.17) is 0 Å². The summed E-state index contributed by atoms with van der Waals surface area (Å²) in [6.07, 6.45) is 2.90. The summed E-state index contributed by atoms with van der Waals surface area (Å²) in [6.45, 7) is 11.3. The fourth-order valence-electron chi connectivity index (χ4n) is 2.49. The minimum absolute atomic E-state index is 0.102. The van der Waals surface area contributed by atoms with Gasteiger partial charge in [-0.05, 0) is 40.5 Å². The summed E-state index contributed by atoms with van der Waals surface area (Å²) in [5.74, 6) is 0. The first-order valence-electron chi connectivity index (χ1n) is 7.30. The lowest BCUT2D eigenvalue weighted by molar-refractivity contribution is 0.512. The predicted octanol–water partition coefficient (Wildman–Crippen LogP) is 4.90. The van der Waals surface area contributed by atoms with E-state index in [1.807, 2.05) is 6.20 Å². The van der Waals surface area contributed by atoms with Crippen molar-refractivity contribution in [2.75, 3.05) is 0 Å². The third-order valence-electron chi connectivity index (χ3n) is 3.86. The number of benzene rings is 1. The van der Waals surface area contributed by atoms with Crippen molar-refractivity contribution >= 4 is 0 Å². The van der Waals surface area contributed by atoms with E-state index in [0.29, 0.717) is 0 Å². The minimum atomic E-state index is 0.102. The molecule has 1 heterocycles. The van der Waals surface area contributed by atoms with Crippen LogP contribution < -0.4 is 0 Å². The molecule has 2 rings (SSSR count). The molecule has 0 unspecified atom stereocenters. The first-order chi connectivity index (χ1) is 9.29. The van der Waals surface area contributed by atoms with Gasteiger partial charge in [0.05, 0.1) is 0 Å². The Bertz CT molecular complexity index is 562. The topological polar surface area (TPSA) is 12.9 Å². The van der Waals surface area contributed by atoms with Crippen LogP contribution in [-0.4, -0.2) is 4.98 Å². The van der Waals surface area contributed by atoms with Gasteiger partial charge in [0.2, 0.25) is 0 Å². The Labute approximate surface area is 123 Å². The summed E-state index contributed by atoms with van der Waals surface area (Å²) in [4.78, 5) is 4.56. The largest absolute Gasteiger partial charge is 0.261 e. The standard InChI is InChI=1S/C19H25N/c1-18(2,3)16-11-12-20-17(13-16)14-19(4,5)15-9-7-6-8-10-15/h6-13H,14H2,1-5H3. The second-order valence-electron chi connectivity index (χ2n) is 7.21. The number of aromatic nitrogens is 1. The molecule has 106 valence electrons. The zero-order chi connectivity index (χ0) is 14.8. The van der Waals surface area contributed by atoms with Gasteiger partial charge in [-0.1, -0.05) is 65.0 Å². The van der Waals surface area contributed by atoms with Crippen LogP contribution in [0.1, 0.15) is 51.4 Å². The normalized spacial score (nSPS) is 12.4. The van der Waals surface area contributed by atoms with Gasteiger partial charge in [-0.15, -0.1) is 0 Å². The first kappa shape index (κ1) is 14.8. The molecule has 0 bridgehead atoms. The molecule has 0 N–H and O–H groups in total. The summed E-state index contributed by atoms with van der Waals surface area (Å²) in [5, 5.41) is 0. The lowest BCUT2D eigenvalue weighted by Gasteiger charge is -2.26. The molecule has 1 aromatic carbocycles. The maximum absolute atomic E-state index is 4.56. The van der Waals surface area contributed by atoms with Gasteiger partial charge in [0, 0.05) is 11.9 Å². The number of hydrogen-bond acceptors (Lipinski definition) is 1. The average Bonchev–Trinajstić information content (AvgIpc) is 2.38. The number of hydrogen-bond donors (Lipinski definition) is 0. The van der Waals surface area contributed by atoms with Crippen molar-refractivity contribution < 1.29 is 0 Å². The molecule has 0 aliphatic rings. The monoisotopic (exact) mass is 267 g/mol. The van der Waals surface area contributed by atoms with Crippen LogP contribution >= 0.6 is 0 Å². The van der Waals surface area contributed by atoms with Gasteiger partial charge in [-0.25, -0.2) is 0 Å². The van der Waals surface area contributed by atoms with Gasteiger partial charge < -0.3 is 0 Å². The zero-order valence-corrected chi connectivity index (χ0v) is 13.3. The molecule has 0 atom stereocenters. The van der Waals surface area contributed by atoms with Crippen LogP contribution in [0.4, 0.5) is 0 Å². The van der Waals surface area contributed by atoms with Gasteiger partial charge in [0.15, 0.2) is 0 Å². The molecule has 0 amide bonds. The molecule has 2 aromatic rings. The Morgan fingerprint density at radius 3 is 2.10 bits per heavy atom. The molecule has 1 nitrogen and oxygen atoms in total. The summed E-state index contributed by atoms with van der Waals surface area (Å²) < 4.78 is 0. The van der Waals surface area contributed by atoms with Gasteiger partial charge in [-0.3, -0.25) is 4.98 Å². The summed E-state index contributed by atoms with van der Waals surface area (Å²) in [5.41, 5.74) is 4.17. The highest BCUT2D eigenvalue weighted by Gasteiger charge is 2.22. The number of rotatable bonds is 3.